The predicted molar refractivity (Wildman–Crippen MR) is 309 cm³/mol. The van der Waals surface area contributed by atoms with Crippen LogP contribution in [0, 0.1) is 0 Å². The molecule has 17 N–H and O–H groups in total. The molecule has 0 aliphatic heterocycles. The molecule has 0 saturated heterocycles. The Morgan fingerprint density at radius 1 is 0.325 bits per heavy atom. The maximum atomic E-state index is 14.2. The normalized spacial score (nSPS) is 13.5. The Balaban J connectivity index is 6.31. The Morgan fingerprint density at radius 3 is 1.03 bits per heavy atom. The molecule has 20 heteroatoms. The van der Waals surface area contributed by atoms with E-state index in [0.717, 1.165) is 116 Å². The van der Waals surface area contributed by atoms with Gasteiger partial charge in [-0.25, -0.2) is 0 Å². The first-order chi connectivity index (χ1) is 37.1. The molecule has 0 heterocycles. The summed E-state index contributed by atoms with van der Waals surface area (Å²) in [6.07, 6.45) is 29.0. The highest BCUT2D eigenvalue weighted by molar-refractivity contribution is 5.96. The van der Waals surface area contributed by atoms with Crippen molar-refractivity contribution in [1.29, 1.82) is 0 Å². The van der Waals surface area contributed by atoms with E-state index in [4.69, 9.17) is 28.7 Å². The Kier molecular flexibility index (Phi) is 47.0. The van der Waals surface area contributed by atoms with E-state index in [-0.39, 0.29) is 25.3 Å². The second-order valence-corrected chi connectivity index (χ2v) is 21.2. The summed E-state index contributed by atoms with van der Waals surface area (Å²) in [7, 11) is 0. The predicted octanol–water partition coefficient (Wildman–Crippen LogP) is 5.04. The summed E-state index contributed by atoms with van der Waals surface area (Å²) >= 11 is 0. The number of unbranched alkanes of at least 4 members (excludes halogenated alkanes) is 23. The van der Waals surface area contributed by atoms with E-state index in [9.17, 15) is 38.4 Å². The lowest BCUT2D eigenvalue weighted by Gasteiger charge is -2.25. The minimum Gasteiger partial charge on any atom is -0.368 e. The lowest BCUT2D eigenvalue weighted by molar-refractivity contribution is -0.134. The van der Waals surface area contributed by atoms with Crippen LogP contribution in [0.2, 0.25) is 0 Å². The number of hydrogen-bond donors (Lipinski definition) is 12. The molecule has 0 saturated carbocycles. The van der Waals surface area contributed by atoms with Crippen molar-refractivity contribution in [1.82, 2.24) is 37.2 Å². The minimum absolute atomic E-state index is 0.189. The second kappa shape index (κ2) is 49.9. The molecule has 0 fully saturated rings. The van der Waals surface area contributed by atoms with Gasteiger partial charge < -0.3 is 65.9 Å². The highest BCUT2D eigenvalue weighted by Gasteiger charge is 2.30. The number of nitrogens with two attached hydrogens (primary N) is 5. The summed E-state index contributed by atoms with van der Waals surface area (Å²) in [6.45, 7) is 6.90. The zero-order valence-electron chi connectivity index (χ0n) is 48.4. The first-order valence-corrected chi connectivity index (χ1v) is 30.4. The van der Waals surface area contributed by atoms with Gasteiger partial charge in [0.15, 0.2) is 0 Å². The molecule has 448 valence electrons. The van der Waals surface area contributed by atoms with Gasteiger partial charge >= 0.3 is 0 Å². The van der Waals surface area contributed by atoms with Crippen LogP contribution in [0.4, 0.5) is 0 Å². The summed E-state index contributed by atoms with van der Waals surface area (Å²) in [5, 5.41) is 19.4. The largest absolute Gasteiger partial charge is 0.368 e. The third-order valence-electron chi connectivity index (χ3n) is 14.0. The third kappa shape index (κ3) is 40.4. The topological polar surface area (TPSA) is 351 Å². The summed E-state index contributed by atoms with van der Waals surface area (Å²) in [5.41, 5.74) is 28.8. The summed E-state index contributed by atoms with van der Waals surface area (Å²) in [4.78, 5) is 107. The van der Waals surface area contributed by atoms with Crippen LogP contribution in [0.1, 0.15) is 245 Å². The van der Waals surface area contributed by atoms with E-state index < -0.39 is 84.1 Å². The van der Waals surface area contributed by atoms with Crippen molar-refractivity contribution in [2.45, 2.75) is 282 Å². The number of amides is 8. The highest BCUT2D eigenvalue weighted by atomic mass is 16.2. The van der Waals surface area contributed by atoms with Gasteiger partial charge in [0.2, 0.25) is 47.3 Å². The molecule has 20 nitrogen and oxygen atoms in total. The molecular weight excluding hydrogens is 981 g/mol. The number of hydrogen-bond acceptors (Lipinski definition) is 12. The van der Waals surface area contributed by atoms with Gasteiger partial charge in [0.25, 0.3) is 0 Å². The fourth-order valence-electron chi connectivity index (χ4n) is 9.10. The van der Waals surface area contributed by atoms with Crippen LogP contribution in [-0.2, 0) is 38.4 Å². The van der Waals surface area contributed by atoms with Gasteiger partial charge in [0, 0.05) is 6.54 Å². The summed E-state index contributed by atoms with van der Waals surface area (Å²) in [5.74, 6) is -4.41. The standard InChI is InChI=1S/C57H112N12O8/c1-4-7-10-13-16-19-22-25-35-46(54(74)64-42-50(62)70)68-56(76)48(37-26-23-20-17-14-11-8-5-2)66-51(71)43-65-55(75)47(36-24-21-18-15-12-9-6-3)69-57(77)49(67-53(73)45(61)34-28-31-40-59)38-29-32-41-63-52(72)44(60)33-27-30-39-58/h44-49H,4-43,58-61H2,1-3H3,(H2,62,70)(H,63,72)(H,64,74)(H,65,75)(H,66,71)(H,67,73)(H,68,76)(H,69,77). The molecule has 0 aliphatic carbocycles. The molecule has 0 aromatic heterocycles. The number of nitrogens with one attached hydrogen (secondary N) is 7. The second-order valence-electron chi connectivity index (χ2n) is 21.2. The maximum absolute atomic E-state index is 14.2. The van der Waals surface area contributed by atoms with Crippen LogP contribution in [0.3, 0.4) is 0 Å². The van der Waals surface area contributed by atoms with Crippen LogP contribution in [-0.4, -0.2) is 116 Å². The van der Waals surface area contributed by atoms with Crippen molar-refractivity contribution >= 4 is 47.3 Å². The number of rotatable bonds is 53. The molecule has 77 heavy (non-hydrogen) atoms. The smallest absolute Gasteiger partial charge is 0.243 e. The van der Waals surface area contributed by atoms with E-state index >= 15 is 0 Å². The molecule has 0 radical (unpaired) electrons. The Labute approximate surface area is 464 Å². The fourth-order valence-corrected chi connectivity index (χ4v) is 9.10. The molecule has 0 rings (SSSR count). The van der Waals surface area contributed by atoms with Gasteiger partial charge in [0.05, 0.1) is 25.2 Å². The van der Waals surface area contributed by atoms with E-state index in [0.29, 0.717) is 90.3 Å². The number of primary amides is 1. The quantitative estimate of drug-likeness (QED) is 0.0356. The molecule has 0 bridgehead atoms. The zero-order chi connectivity index (χ0) is 57.3. The average Bonchev–Trinajstić information content (AvgIpc) is 3.41. The first-order valence-electron chi connectivity index (χ1n) is 30.4. The Morgan fingerprint density at radius 2 is 0.636 bits per heavy atom. The van der Waals surface area contributed by atoms with E-state index in [1.165, 1.54) is 25.7 Å². The maximum Gasteiger partial charge on any atom is 0.243 e. The average molecular weight is 1090 g/mol. The number of carbonyl (C=O) groups is 8. The third-order valence-corrected chi connectivity index (χ3v) is 14.0. The van der Waals surface area contributed by atoms with Gasteiger partial charge in [-0.15, -0.1) is 0 Å². The summed E-state index contributed by atoms with van der Waals surface area (Å²) < 4.78 is 0. The fraction of sp³-hybridized carbons (Fsp3) is 0.860. The van der Waals surface area contributed by atoms with Crippen molar-refractivity contribution in [3.8, 4) is 0 Å². The number of carbonyl (C=O) groups excluding carboxylic acids is 8. The highest BCUT2D eigenvalue weighted by Crippen LogP contribution is 2.15. The Bertz CT molecular complexity index is 1590. The SMILES string of the molecule is CCCCCCCCCCC(NC(=O)CNC(=O)C(CCCCCCCCC)NC(=O)C(CCCCNC(=O)C(N)CCCCN)NC(=O)C(N)CCCCN)C(=O)NC(CCCCCCCCCC)C(=O)NCC(N)=O. The zero-order valence-corrected chi connectivity index (χ0v) is 48.4. The van der Waals surface area contributed by atoms with Gasteiger partial charge in [0.1, 0.15) is 24.2 Å². The lowest BCUT2D eigenvalue weighted by Crippen LogP contribution is -2.57. The van der Waals surface area contributed by atoms with Crippen molar-refractivity contribution in [2.75, 3.05) is 32.7 Å². The Hall–Kier alpha value is -4.40. The van der Waals surface area contributed by atoms with Crippen molar-refractivity contribution < 1.29 is 38.4 Å². The molecule has 0 aromatic rings. The monoisotopic (exact) mass is 1090 g/mol. The molecule has 0 aliphatic rings. The van der Waals surface area contributed by atoms with Crippen molar-refractivity contribution in [2.24, 2.45) is 28.7 Å². The van der Waals surface area contributed by atoms with E-state index in [1.54, 1.807) is 0 Å². The van der Waals surface area contributed by atoms with Crippen LogP contribution in [0.15, 0.2) is 0 Å². The lowest BCUT2D eigenvalue weighted by atomic mass is 10.0. The van der Waals surface area contributed by atoms with Crippen LogP contribution >= 0.6 is 0 Å². The molecular formula is C57H112N12O8. The van der Waals surface area contributed by atoms with Crippen molar-refractivity contribution in [3.05, 3.63) is 0 Å². The van der Waals surface area contributed by atoms with Gasteiger partial charge in [-0.3, -0.25) is 38.4 Å². The molecule has 6 unspecified atom stereocenters. The van der Waals surface area contributed by atoms with Crippen LogP contribution in [0.25, 0.3) is 0 Å². The van der Waals surface area contributed by atoms with E-state index in [1.807, 2.05) is 0 Å². The van der Waals surface area contributed by atoms with Gasteiger partial charge in [-0.05, 0) is 77.3 Å². The molecule has 6 atom stereocenters. The van der Waals surface area contributed by atoms with Gasteiger partial charge in [-0.2, -0.15) is 0 Å². The molecule has 0 spiro atoms. The molecule has 0 aromatic carbocycles. The van der Waals surface area contributed by atoms with Gasteiger partial charge in [-0.1, -0.05) is 181 Å². The minimum atomic E-state index is -1.06. The van der Waals surface area contributed by atoms with Crippen LogP contribution in [0.5, 0.6) is 0 Å². The molecule has 8 amide bonds. The van der Waals surface area contributed by atoms with Crippen molar-refractivity contribution in [3.63, 3.8) is 0 Å². The first kappa shape index (κ1) is 72.6. The summed E-state index contributed by atoms with van der Waals surface area (Å²) in [6, 6.07) is -5.64. The van der Waals surface area contributed by atoms with Crippen LogP contribution < -0.4 is 65.9 Å². The van der Waals surface area contributed by atoms with E-state index in [2.05, 4.69) is 58.0 Å².